The third kappa shape index (κ3) is 4.16. The van der Waals surface area contributed by atoms with Crippen LogP contribution in [0.1, 0.15) is 24.2 Å². The normalized spacial score (nSPS) is 12.6. The lowest BCUT2D eigenvalue weighted by molar-refractivity contribution is 0.0932. The van der Waals surface area contributed by atoms with E-state index in [0.717, 1.165) is 0 Å². The Kier molecular flexibility index (Phi) is 5.77. The maximum absolute atomic E-state index is 12.0. The second-order valence-corrected chi connectivity index (χ2v) is 5.59. The highest BCUT2D eigenvalue weighted by atomic mass is 79.9. The van der Waals surface area contributed by atoms with Crippen LogP contribution in [-0.2, 0) is 0 Å². The third-order valence-electron chi connectivity index (χ3n) is 2.46. The van der Waals surface area contributed by atoms with E-state index in [2.05, 4.69) is 35.1 Å². The summed E-state index contributed by atoms with van der Waals surface area (Å²) < 4.78 is 0. The van der Waals surface area contributed by atoms with Crippen molar-refractivity contribution in [3.8, 4) is 0 Å². The van der Waals surface area contributed by atoms with Crippen molar-refractivity contribution >= 4 is 45.0 Å². The molecule has 0 saturated carbocycles. The van der Waals surface area contributed by atoms with Crippen molar-refractivity contribution in [2.45, 2.75) is 19.9 Å². The minimum atomic E-state index is -0.176. The molecule has 0 bridgehead atoms. The topological polar surface area (TPSA) is 29.1 Å². The zero-order chi connectivity index (χ0) is 13.0. The zero-order valence-corrected chi connectivity index (χ0v) is 12.7. The minimum absolute atomic E-state index is 0.0780. The Hall–Kier alpha value is -0.250. The first-order valence-electron chi connectivity index (χ1n) is 5.27. The molecule has 0 aliphatic rings. The van der Waals surface area contributed by atoms with Gasteiger partial charge in [-0.15, -0.1) is 0 Å². The van der Waals surface area contributed by atoms with Gasteiger partial charge in [0, 0.05) is 16.4 Å². The molecule has 0 saturated heterocycles. The molecule has 0 aliphatic carbocycles. The Morgan fingerprint density at radius 2 is 2.06 bits per heavy atom. The minimum Gasteiger partial charge on any atom is -0.348 e. The van der Waals surface area contributed by atoms with E-state index in [1.165, 1.54) is 0 Å². The predicted octanol–water partition coefficient (Wildman–Crippen LogP) is 4.14. The number of hydrogen-bond donors (Lipinski definition) is 1. The summed E-state index contributed by atoms with van der Waals surface area (Å²) >= 11 is 15.1. The second-order valence-electron chi connectivity index (χ2n) is 4.10. The maximum atomic E-state index is 12.0. The largest absolute Gasteiger partial charge is 0.348 e. The van der Waals surface area contributed by atoms with Crippen LogP contribution in [0.4, 0.5) is 0 Å². The van der Waals surface area contributed by atoms with Crippen molar-refractivity contribution in [3.63, 3.8) is 0 Å². The lowest BCUT2D eigenvalue weighted by atomic mass is 10.1. The predicted molar refractivity (Wildman–Crippen MR) is 76.3 cm³/mol. The van der Waals surface area contributed by atoms with E-state index in [-0.39, 0.29) is 11.9 Å². The van der Waals surface area contributed by atoms with E-state index >= 15 is 0 Å². The zero-order valence-electron chi connectivity index (χ0n) is 9.64. The fraction of sp³-hybridized carbons (Fsp3) is 0.417. The first kappa shape index (κ1) is 14.8. The molecule has 0 radical (unpaired) electrons. The molecule has 0 spiro atoms. The highest BCUT2D eigenvalue weighted by Crippen LogP contribution is 2.21. The number of alkyl halides is 1. The fourth-order valence-corrected chi connectivity index (χ4v) is 2.71. The molecule has 1 N–H and O–H groups in total. The Labute approximate surface area is 120 Å². The number of amides is 1. The molecule has 0 aromatic heterocycles. The van der Waals surface area contributed by atoms with Crippen molar-refractivity contribution in [1.82, 2.24) is 5.32 Å². The molecule has 5 heteroatoms. The summed E-state index contributed by atoms with van der Waals surface area (Å²) in [7, 11) is 0. The molecular formula is C12H14BrCl2NO. The first-order valence-corrected chi connectivity index (χ1v) is 7.15. The molecule has 1 atom stereocenters. The summed E-state index contributed by atoms with van der Waals surface area (Å²) in [6.07, 6.45) is 0. The number of hydrogen-bond acceptors (Lipinski definition) is 1. The van der Waals surface area contributed by atoms with Gasteiger partial charge in [0.15, 0.2) is 0 Å². The Morgan fingerprint density at radius 1 is 1.41 bits per heavy atom. The van der Waals surface area contributed by atoms with Crippen molar-refractivity contribution in [3.05, 3.63) is 33.8 Å². The summed E-state index contributed by atoms with van der Waals surface area (Å²) in [4.78, 5) is 12.0. The van der Waals surface area contributed by atoms with Gasteiger partial charge in [-0.2, -0.15) is 0 Å². The van der Waals surface area contributed by atoms with E-state index in [1.54, 1.807) is 18.2 Å². The Balaban J connectivity index is 2.82. The van der Waals surface area contributed by atoms with Gasteiger partial charge in [0.1, 0.15) is 0 Å². The van der Waals surface area contributed by atoms with Crippen LogP contribution in [0.15, 0.2) is 18.2 Å². The van der Waals surface area contributed by atoms with Crippen LogP contribution in [-0.4, -0.2) is 17.3 Å². The standard InChI is InChI=1S/C12H14BrCl2NO/c1-7(2)11(6-13)16-12(17)9-4-3-8(14)5-10(9)15/h3-5,7,11H,6H2,1-2H3,(H,16,17). The molecule has 1 aromatic rings. The van der Waals surface area contributed by atoms with Gasteiger partial charge in [0.2, 0.25) is 0 Å². The maximum Gasteiger partial charge on any atom is 0.253 e. The molecule has 1 unspecified atom stereocenters. The lowest BCUT2D eigenvalue weighted by Gasteiger charge is -2.20. The molecule has 0 fully saturated rings. The molecule has 1 amide bonds. The fourth-order valence-electron chi connectivity index (χ4n) is 1.30. The molecule has 1 rings (SSSR count). The van der Waals surface area contributed by atoms with Crippen LogP contribution < -0.4 is 5.32 Å². The van der Waals surface area contributed by atoms with E-state index in [0.29, 0.717) is 26.9 Å². The van der Waals surface area contributed by atoms with E-state index in [4.69, 9.17) is 23.2 Å². The molecule has 94 valence electrons. The van der Waals surface area contributed by atoms with E-state index in [1.807, 2.05) is 0 Å². The summed E-state index contributed by atoms with van der Waals surface area (Å²) in [5, 5.41) is 4.53. The highest BCUT2D eigenvalue weighted by molar-refractivity contribution is 9.09. The second kappa shape index (κ2) is 6.62. The molecule has 0 aliphatic heterocycles. The molecule has 0 heterocycles. The smallest absolute Gasteiger partial charge is 0.253 e. The SMILES string of the molecule is CC(C)C(CBr)NC(=O)c1ccc(Cl)cc1Cl. The Bertz CT molecular complexity index is 409. The molecule has 17 heavy (non-hydrogen) atoms. The van der Waals surface area contributed by atoms with Gasteiger partial charge in [0.05, 0.1) is 10.6 Å². The highest BCUT2D eigenvalue weighted by Gasteiger charge is 2.17. The number of nitrogens with one attached hydrogen (secondary N) is 1. The summed E-state index contributed by atoms with van der Waals surface area (Å²) in [5.74, 6) is 0.175. The first-order chi connectivity index (χ1) is 7.95. The number of benzene rings is 1. The van der Waals surface area contributed by atoms with Crippen LogP contribution in [0.2, 0.25) is 10.0 Å². The van der Waals surface area contributed by atoms with E-state index in [9.17, 15) is 4.79 Å². The van der Waals surface area contributed by atoms with Gasteiger partial charge < -0.3 is 5.32 Å². The number of halogens is 3. The summed E-state index contributed by atoms with van der Waals surface area (Å²) in [6, 6.07) is 4.93. The summed E-state index contributed by atoms with van der Waals surface area (Å²) in [5.41, 5.74) is 0.447. The van der Waals surface area contributed by atoms with Crippen molar-refractivity contribution in [2.24, 2.45) is 5.92 Å². The molecular weight excluding hydrogens is 325 g/mol. The van der Waals surface area contributed by atoms with Crippen LogP contribution in [0, 0.1) is 5.92 Å². The molecule has 1 aromatic carbocycles. The summed E-state index contributed by atoms with van der Waals surface area (Å²) in [6.45, 7) is 4.10. The third-order valence-corrected chi connectivity index (χ3v) is 3.71. The number of rotatable bonds is 4. The van der Waals surface area contributed by atoms with Gasteiger partial charge in [0.25, 0.3) is 5.91 Å². The van der Waals surface area contributed by atoms with Crippen molar-refractivity contribution in [1.29, 1.82) is 0 Å². The van der Waals surface area contributed by atoms with Gasteiger partial charge in [-0.25, -0.2) is 0 Å². The van der Waals surface area contributed by atoms with Crippen LogP contribution >= 0.6 is 39.1 Å². The number of carbonyl (C=O) groups excluding carboxylic acids is 1. The van der Waals surface area contributed by atoms with Crippen molar-refractivity contribution in [2.75, 3.05) is 5.33 Å². The quantitative estimate of drug-likeness (QED) is 0.821. The van der Waals surface area contributed by atoms with Crippen molar-refractivity contribution < 1.29 is 4.79 Å². The van der Waals surface area contributed by atoms with E-state index < -0.39 is 0 Å². The van der Waals surface area contributed by atoms with Crippen LogP contribution in [0.5, 0.6) is 0 Å². The molecule has 2 nitrogen and oxygen atoms in total. The van der Waals surface area contributed by atoms with Crippen LogP contribution in [0.3, 0.4) is 0 Å². The van der Waals surface area contributed by atoms with Gasteiger partial charge in [-0.05, 0) is 24.1 Å². The average Bonchev–Trinajstić information content (AvgIpc) is 2.24. The lowest BCUT2D eigenvalue weighted by Crippen LogP contribution is -2.39. The Morgan fingerprint density at radius 3 is 2.53 bits per heavy atom. The monoisotopic (exact) mass is 337 g/mol. The number of carbonyl (C=O) groups is 1. The van der Waals surface area contributed by atoms with Gasteiger partial charge in [-0.3, -0.25) is 4.79 Å². The van der Waals surface area contributed by atoms with Crippen LogP contribution in [0.25, 0.3) is 0 Å². The average molecular weight is 339 g/mol. The van der Waals surface area contributed by atoms with Gasteiger partial charge >= 0.3 is 0 Å². The van der Waals surface area contributed by atoms with Gasteiger partial charge in [-0.1, -0.05) is 53.0 Å².